The summed E-state index contributed by atoms with van der Waals surface area (Å²) in [6, 6.07) is 15.1. The number of hydrogen-bond acceptors (Lipinski definition) is 2. The van der Waals surface area contributed by atoms with Gasteiger partial charge in [-0.25, -0.2) is 0 Å². The summed E-state index contributed by atoms with van der Waals surface area (Å²) in [5, 5.41) is 8.03. The molecule has 2 rings (SSSR count). The molecule has 2 aromatic rings. The van der Waals surface area contributed by atoms with E-state index in [0.29, 0.717) is 18.2 Å². The highest BCUT2D eigenvalue weighted by Gasteiger charge is 1.98. The molecule has 5 heteroatoms. The molecule has 0 fully saturated rings. The van der Waals surface area contributed by atoms with Crippen LogP contribution in [0.4, 0.5) is 0 Å². The Bertz CT molecular complexity index is 570. The summed E-state index contributed by atoms with van der Waals surface area (Å²) in [6.07, 6.45) is 0. The van der Waals surface area contributed by atoms with Gasteiger partial charge in [0.2, 0.25) is 0 Å². The van der Waals surface area contributed by atoms with E-state index in [1.54, 1.807) is 0 Å². The number of ether oxygens (including phenoxy) is 1. The molecule has 0 aromatic heterocycles. The number of amidine groups is 1. The Hall–Kier alpha value is -1.55. The van der Waals surface area contributed by atoms with Crippen molar-refractivity contribution < 1.29 is 4.74 Å². The Morgan fingerprint density at radius 2 is 1.70 bits per heavy atom. The van der Waals surface area contributed by atoms with E-state index < -0.39 is 0 Å². The van der Waals surface area contributed by atoms with Crippen molar-refractivity contribution in [2.45, 2.75) is 13.2 Å². The zero-order valence-corrected chi connectivity index (χ0v) is 12.4. The third kappa shape index (κ3) is 4.85. The number of hydrogen-bond donors (Lipinski definition) is 2. The van der Waals surface area contributed by atoms with Crippen molar-refractivity contribution >= 4 is 29.8 Å². The molecule has 0 atom stereocenters. The van der Waals surface area contributed by atoms with Gasteiger partial charge in [-0.2, -0.15) is 0 Å². The number of nitrogens with one attached hydrogen (secondary N) is 1. The molecule has 0 spiro atoms. The van der Waals surface area contributed by atoms with Gasteiger partial charge in [-0.05, 0) is 23.3 Å². The summed E-state index contributed by atoms with van der Waals surface area (Å²) < 4.78 is 5.62. The molecule has 0 unspecified atom stereocenters. The van der Waals surface area contributed by atoms with E-state index in [0.717, 1.165) is 16.7 Å². The minimum absolute atomic E-state index is 0. The number of benzene rings is 2. The fourth-order valence-corrected chi connectivity index (χ4v) is 1.91. The van der Waals surface area contributed by atoms with Gasteiger partial charge in [0.1, 0.15) is 5.84 Å². The van der Waals surface area contributed by atoms with Crippen LogP contribution in [0.3, 0.4) is 0 Å². The third-order valence-electron chi connectivity index (χ3n) is 2.69. The second-order valence-electron chi connectivity index (χ2n) is 4.23. The second kappa shape index (κ2) is 7.90. The molecule has 3 nitrogen and oxygen atoms in total. The minimum Gasteiger partial charge on any atom is -0.384 e. The number of rotatable bonds is 5. The van der Waals surface area contributed by atoms with Crippen molar-refractivity contribution in [2.75, 3.05) is 0 Å². The molecule has 0 heterocycles. The van der Waals surface area contributed by atoms with Crippen molar-refractivity contribution in [1.29, 1.82) is 5.41 Å². The topological polar surface area (TPSA) is 59.1 Å². The summed E-state index contributed by atoms with van der Waals surface area (Å²) in [5.41, 5.74) is 8.21. The van der Waals surface area contributed by atoms with Crippen LogP contribution in [0.2, 0.25) is 5.02 Å². The lowest BCUT2D eigenvalue weighted by Gasteiger charge is -2.06. The van der Waals surface area contributed by atoms with Gasteiger partial charge in [0.15, 0.2) is 0 Å². The van der Waals surface area contributed by atoms with E-state index in [1.807, 2.05) is 48.5 Å². The highest BCUT2D eigenvalue weighted by atomic mass is 35.5. The zero-order chi connectivity index (χ0) is 13.7. The Morgan fingerprint density at radius 1 is 1.05 bits per heavy atom. The van der Waals surface area contributed by atoms with Gasteiger partial charge < -0.3 is 10.5 Å². The normalized spacial score (nSPS) is 9.85. The van der Waals surface area contributed by atoms with Crippen molar-refractivity contribution in [3.8, 4) is 0 Å². The van der Waals surface area contributed by atoms with E-state index in [9.17, 15) is 0 Å². The molecule has 0 radical (unpaired) electrons. The van der Waals surface area contributed by atoms with Gasteiger partial charge in [-0.3, -0.25) is 5.41 Å². The lowest BCUT2D eigenvalue weighted by Crippen LogP contribution is -2.10. The van der Waals surface area contributed by atoms with Crippen LogP contribution in [0.15, 0.2) is 48.5 Å². The SMILES string of the molecule is Cl.N=C(N)c1ccc(COCc2cccc(Cl)c2)cc1. The van der Waals surface area contributed by atoms with E-state index in [-0.39, 0.29) is 18.2 Å². The van der Waals surface area contributed by atoms with Crippen LogP contribution in [-0.4, -0.2) is 5.84 Å². The largest absolute Gasteiger partial charge is 0.384 e. The van der Waals surface area contributed by atoms with Crippen LogP contribution in [0.5, 0.6) is 0 Å². The Labute approximate surface area is 129 Å². The lowest BCUT2D eigenvalue weighted by atomic mass is 10.1. The lowest BCUT2D eigenvalue weighted by molar-refractivity contribution is 0.107. The molecule has 0 saturated heterocycles. The zero-order valence-electron chi connectivity index (χ0n) is 10.8. The van der Waals surface area contributed by atoms with E-state index >= 15 is 0 Å². The average Bonchev–Trinajstić information content (AvgIpc) is 2.39. The fraction of sp³-hybridized carbons (Fsp3) is 0.133. The van der Waals surface area contributed by atoms with E-state index in [1.165, 1.54) is 0 Å². The first kappa shape index (κ1) is 16.5. The molecule has 0 aliphatic heterocycles. The number of nitrogen functional groups attached to an aromatic ring is 1. The molecular weight excluding hydrogens is 295 g/mol. The first-order valence-corrected chi connectivity index (χ1v) is 6.28. The van der Waals surface area contributed by atoms with Crippen LogP contribution < -0.4 is 5.73 Å². The van der Waals surface area contributed by atoms with Gasteiger partial charge >= 0.3 is 0 Å². The maximum atomic E-state index is 7.31. The molecule has 0 aliphatic carbocycles. The number of nitrogens with two attached hydrogens (primary N) is 1. The summed E-state index contributed by atoms with van der Waals surface area (Å²) in [7, 11) is 0. The molecule has 0 bridgehead atoms. The highest BCUT2D eigenvalue weighted by Crippen LogP contribution is 2.12. The molecule has 0 aliphatic rings. The van der Waals surface area contributed by atoms with Crippen molar-refractivity contribution in [3.63, 3.8) is 0 Å². The van der Waals surface area contributed by atoms with E-state index in [2.05, 4.69) is 0 Å². The maximum Gasteiger partial charge on any atom is 0.122 e. The van der Waals surface area contributed by atoms with Crippen molar-refractivity contribution in [2.24, 2.45) is 5.73 Å². The standard InChI is InChI=1S/C15H15ClN2O.ClH/c16-14-3-1-2-12(8-14)10-19-9-11-4-6-13(7-5-11)15(17)18;/h1-8H,9-10H2,(H3,17,18);1H. The van der Waals surface area contributed by atoms with Crippen molar-refractivity contribution in [3.05, 3.63) is 70.2 Å². The van der Waals surface area contributed by atoms with Crippen LogP contribution in [0.25, 0.3) is 0 Å². The molecule has 2 aromatic carbocycles. The van der Waals surface area contributed by atoms with Crippen molar-refractivity contribution in [1.82, 2.24) is 0 Å². The molecule has 3 N–H and O–H groups in total. The minimum atomic E-state index is 0. The predicted molar refractivity (Wildman–Crippen MR) is 84.7 cm³/mol. The van der Waals surface area contributed by atoms with Gasteiger partial charge in [-0.15, -0.1) is 12.4 Å². The monoisotopic (exact) mass is 310 g/mol. The summed E-state index contributed by atoms with van der Waals surface area (Å²) in [4.78, 5) is 0. The third-order valence-corrected chi connectivity index (χ3v) is 2.93. The van der Waals surface area contributed by atoms with Gasteiger partial charge in [0.25, 0.3) is 0 Å². The van der Waals surface area contributed by atoms with Gasteiger partial charge in [0.05, 0.1) is 13.2 Å². The molecule has 0 saturated carbocycles. The Morgan fingerprint density at radius 3 is 2.30 bits per heavy atom. The van der Waals surface area contributed by atoms with Crippen LogP contribution >= 0.6 is 24.0 Å². The number of halogens is 2. The molecule has 0 amide bonds. The second-order valence-corrected chi connectivity index (χ2v) is 4.67. The summed E-state index contributed by atoms with van der Waals surface area (Å²) in [5.74, 6) is 0.0754. The highest BCUT2D eigenvalue weighted by molar-refractivity contribution is 6.30. The first-order chi connectivity index (χ1) is 9.15. The van der Waals surface area contributed by atoms with Gasteiger partial charge in [0, 0.05) is 10.6 Å². The Kier molecular flexibility index (Phi) is 6.52. The molecule has 106 valence electrons. The summed E-state index contributed by atoms with van der Waals surface area (Å²) in [6.45, 7) is 1.04. The van der Waals surface area contributed by atoms with Crippen LogP contribution in [0, 0.1) is 5.41 Å². The quantitative estimate of drug-likeness (QED) is 0.652. The molecular formula is C15H16Cl2N2O. The van der Waals surface area contributed by atoms with Crippen LogP contribution in [-0.2, 0) is 18.0 Å². The average molecular weight is 311 g/mol. The smallest absolute Gasteiger partial charge is 0.122 e. The predicted octanol–water partition coefficient (Wildman–Crippen LogP) is 3.76. The fourth-order valence-electron chi connectivity index (χ4n) is 1.69. The maximum absolute atomic E-state index is 7.31. The first-order valence-electron chi connectivity index (χ1n) is 5.90. The Balaban J connectivity index is 0.00000200. The van der Waals surface area contributed by atoms with Crippen LogP contribution in [0.1, 0.15) is 16.7 Å². The van der Waals surface area contributed by atoms with Gasteiger partial charge in [-0.1, -0.05) is 48.0 Å². The van der Waals surface area contributed by atoms with E-state index in [4.69, 9.17) is 27.5 Å². The summed E-state index contributed by atoms with van der Waals surface area (Å²) >= 11 is 5.90. The molecule has 20 heavy (non-hydrogen) atoms.